The van der Waals surface area contributed by atoms with Gasteiger partial charge in [0, 0.05) is 33.3 Å². The van der Waals surface area contributed by atoms with Crippen molar-refractivity contribution in [2.45, 2.75) is 58.0 Å². The second-order valence-electron chi connectivity index (χ2n) is 11.9. The first-order valence-corrected chi connectivity index (χ1v) is 14.8. The second kappa shape index (κ2) is 10.00. The predicted octanol–water partition coefficient (Wildman–Crippen LogP) is 8.45. The van der Waals surface area contributed by atoms with Gasteiger partial charge in [0.1, 0.15) is 0 Å². The Hall–Kier alpha value is -4.23. The zero-order chi connectivity index (χ0) is 28.9. The molecule has 1 fully saturated rings. The van der Waals surface area contributed by atoms with Gasteiger partial charge >= 0.3 is 6.09 Å². The van der Waals surface area contributed by atoms with Crippen LogP contribution in [0.1, 0.15) is 51.2 Å². The lowest BCUT2D eigenvalue weighted by Crippen LogP contribution is -2.60. The molecule has 5 aromatic rings. The molecule has 0 atom stereocenters. The number of hydrogen-bond acceptors (Lipinski definition) is 4. The molecule has 6 nitrogen and oxygen atoms in total. The zero-order valence-electron chi connectivity index (χ0n) is 23.7. The smallest absolute Gasteiger partial charge is 0.408 e. The lowest BCUT2D eigenvalue weighted by molar-refractivity contribution is -0.0328. The Morgan fingerprint density at radius 1 is 1.00 bits per heavy atom. The van der Waals surface area contributed by atoms with Crippen LogP contribution in [0.2, 0.25) is 0 Å². The number of nitrogens with one attached hydrogen (secondary N) is 1. The van der Waals surface area contributed by atoms with E-state index in [0.717, 1.165) is 63.2 Å². The Labute approximate surface area is 243 Å². The van der Waals surface area contributed by atoms with Crippen molar-refractivity contribution in [1.29, 1.82) is 0 Å². The monoisotopic (exact) mass is 563 g/mol. The summed E-state index contributed by atoms with van der Waals surface area (Å²) < 4.78 is 0. The van der Waals surface area contributed by atoms with Gasteiger partial charge in [-0.25, -0.2) is 9.78 Å². The van der Waals surface area contributed by atoms with Crippen molar-refractivity contribution in [2.24, 2.45) is 0 Å². The fraction of sp³-hybridized carbons (Fsp3) is 0.265. The molecule has 1 aliphatic rings. The molecule has 2 N–H and O–H groups in total. The van der Waals surface area contributed by atoms with Crippen molar-refractivity contribution in [3.63, 3.8) is 0 Å². The van der Waals surface area contributed by atoms with Gasteiger partial charge in [0.15, 0.2) is 0 Å². The number of H-pyrrole nitrogens is 1. The van der Waals surface area contributed by atoms with Crippen LogP contribution in [0.25, 0.3) is 43.7 Å². The summed E-state index contributed by atoms with van der Waals surface area (Å²) in [4.78, 5) is 36.3. The number of nitrogens with zero attached hydrogens (tertiary/aromatic N) is 2. The van der Waals surface area contributed by atoms with Crippen LogP contribution in [0, 0.1) is 6.92 Å². The van der Waals surface area contributed by atoms with Gasteiger partial charge in [0.2, 0.25) is 0 Å². The number of pyridine rings is 2. The number of benzene rings is 2. The van der Waals surface area contributed by atoms with Crippen LogP contribution in [0.5, 0.6) is 0 Å². The Morgan fingerprint density at radius 2 is 1.71 bits per heavy atom. The number of aryl methyl sites for hydroxylation is 1. The number of amides is 1. The zero-order valence-corrected chi connectivity index (χ0v) is 24.5. The van der Waals surface area contributed by atoms with E-state index in [1.54, 1.807) is 22.4 Å². The van der Waals surface area contributed by atoms with E-state index >= 15 is 0 Å². The highest BCUT2D eigenvalue weighted by Crippen LogP contribution is 2.50. The summed E-state index contributed by atoms with van der Waals surface area (Å²) in [5.41, 5.74) is 6.00. The van der Waals surface area contributed by atoms with E-state index in [2.05, 4.69) is 35.5 Å². The van der Waals surface area contributed by atoms with E-state index in [1.165, 1.54) is 0 Å². The predicted molar refractivity (Wildman–Crippen MR) is 166 cm³/mol. The summed E-state index contributed by atoms with van der Waals surface area (Å²) in [5.74, 6) is 0. The van der Waals surface area contributed by atoms with Gasteiger partial charge in [0.05, 0.1) is 22.1 Å². The third-order valence-corrected chi connectivity index (χ3v) is 9.20. The molecule has 0 unspecified atom stereocenters. The van der Waals surface area contributed by atoms with E-state index in [4.69, 9.17) is 4.98 Å². The van der Waals surface area contributed by atoms with Crippen LogP contribution in [0.3, 0.4) is 0 Å². The van der Waals surface area contributed by atoms with Crippen molar-refractivity contribution in [3.8, 4) is 32.8 Å². The second-order valence-corrected chi connectivity index (χ2v) is 12.8. The highest BCUT2D eigenvalue weighted by atomic mass is 32.1. The molecule has 3 heterocycles. The van der Waals surface area contributed by atoms with Crippen LogP contribution in [0.15, 0.2) is 83.1 Å². The molecule has 0 aliphatic heterocycles. The summed E-state index contributed by atoms with van der Waals surface area (Å²) in [6, 6.07) is 22.2. The van der Waals surface area contributed by atoms with Gasteiger partial charge in [-0.3, -0.25) is 9.69 Å². The molecule has 0 bridgehead atoms. The van der Waals surface area contributed by atoms with E-state index < -0.39 is 17.2 Å². The Kier molecular flexibility index (Phi) is 6.57. The molecule has 0 spiro atoms. The maximum Gasteiger partial charge on any atom is 0.408 e. The average Bonchev–Trinajstić information content (AvgIpc) is 3.36. The summed E-state index contributed by atoms with van der Waals surface area (Å²) in [5, 5.41) is 12.8. The number of aromatic amines is 1. The van der Waals surface area contributed by atoms with Crippen molar-refractivity contribution in [3.05, 3.63) is 99.8 Å². The number of rotatable bonds is 5. The Balaban J connectivity index is 1.54. The highest BCUT2D eigenvalue weighted by molar-refractivity contribution is 7.13. The van der Waals surface area contributed by atoms with Gasteiger partial charge in [-0.2, -0.15) is 0 Å². The van der Waals surface area contributed by atoms with E-state index in [-0.39, 0.29) is 5.56 Å². The third-order valence-electron chi connectivity index (χ3n) is 8.12. The van der Waals surface area contributed by atoms with Crippen molar-refractivity contribution in [2.75, 3.05) is 0 Å². The molecule has 1 saturated carbocycles. The molecule has 0 saturated heterocycles. The van der Waals surface area contributed by atoms with Crippen molar-refractivity contribution in [1.82, 2.24) is 14.9 Å². The topological polar surface area (TPSA) is 86.3 Å². The molecular weight excluding hydrogens is 530 g/mol. The number of aromatic nitrogens is 2. The molecule has 1 aliphatic carbocycles. The first-order valence-electron chi connectivity index (χ1n) is 13.9. The fourth-order valence-electron chi connectivity index (χ4n) is 6.20. The summed E-state index contributed by atoms with van der Waals surface area (Å²) in [6.07, 6.45) is 3.44. The summed E-state index contributed by atoms with van der Waals surface area (Å²) in [7, 11) is 0. The Morgan fingerprint density at radius 3 is 2.27 bits per heavy atom. The SMILES string of the molecule is Cc1csc(-c2c[nH]c(=O)c3cc(-c4ccccc4)c(-c4ccc(C5(N(C(=O)O)C(C)(C)C)CCC5)cc4)nc23)c1. The number of fused-ring (bicyclic) bond motifs is 1. The average molecular weight is 564 g/mol. The standard InChI is InChI=1S/C34H33N3O3S/c1-21-17-28(41-20-21)27-19-35-31(38)26-18-25(22-9-6-5-7-10-22)29(36-30(26)27)23-11-13-24(14-12-23)34(15-8-16-34)37(32(39)40)33(2,3)4/h5-7,9-14,17-20H,8,15-16H2,1-4H3,(H,35,38)(H,39,40). The van der Waals surface area contributed by atoms with E-state index in [1.807, 2.05) is 69.3 Å². The van der Waals surface area contributed by atoms with Crippen LogP contribution in [-0.2, 0) is 5.54 Å². The molecule has 7 heteroatoms. The van der Waals surface area contributed by atoms with Gasteiger partial charge in [-0.15, -0.1) is 11.3 Å². The first-order chi connectivity index (χ1) is 19.6. The highest BCUT2D eigenvalue weighted by Gasteiger charge is 2.50. The maximum atomic E-state index is 13.0. The Bertz CT molecular complexity index is 1810. The molecule has 1 amide bonds. The van der Waals surface area contributed by atoms with Crippen molar-refractivity contribution >= 4 is 28.3 Å². The largest absolute Gasteiger partial charge is 0.465 e. The lowest BCUT2D eigenvalue weighted by atomic mass is 9.69. The van der Waals surface area contributed by atoms with E-state index in [9.17, 15) is 14.7 Å². The van der Waals surface area contributed by atoms with E-state index in [0.29, 0.717) is 10.9 Å². The number of carbonyl (C=O) groups is 1. The molecule has 0 radical (unpaired) electrons. The molecule has 208 valence electrons. The number of carboxylic acid groups (broad SMARTS) is 1. The molecule has 3 aromatic heterocycles. The quantitative estimate of drug-likeness (QED) is 0.225. The molecule has 2 aromatic carbocycles. The number of hydrogen-bond donors (Lipinski definition) is 2. The third kappa shape index (κ3) is 4.64. The minimum atomic E-state index is -0.898. The molecule has 6 rings (SSSR count). The summed E-state index contributed by atoms with van der Waals surface area (Å²) in [6.45, 7) is 7.92. The van der Waals surface area contributed by atoms with Gasteiger partial charge < -0.3 is 10.1 Å². The normalized spacial score (nSPS) is 14.5. The maximum absolute atomic E-state index is 13.0. The van der Waals surface area contributed by atoms with Crippen LogP contribution in [-0.4, -0.2) is 31.6 Å². The van der Waals surface area contributed by atoms with Crippen LogP contribution >= 0.6 is 11.3 Å². The van der Waals surface area contributed by atoms with Gasteiger partial charge in [-0.05, 0) is 81.2 Å². The lowest BCUT2D eigenvalue weighted by Gasteiger charge is -2.54. The fourth-order valence-corrected chi connectivity index (χ4v) is 7.11. The molecular formula is C34H33N3O3S. The minimum Gasteiger partial charge on any atom is -0.465 e. The van der Waals surface area contributed by atoms with Crippen LogP contribution in [0.4, 0.5) is 4.79 Å². The van der Waals surface area contributed by atoms with Gasteiger partial charge in [0.25, 0.3) is 5.56 Å². The summed E-state index contributed by atoms with van der Waals surface area (Å²) >= 11 is 1.63. The number of thiophene rings is 1. The van der Waals surface area contributed by atoms with Crippen LogP contribution < -0.4 is 5.56 Å². The molecule has 41 heavy (non-hydrogen) atoms. The first kappa shape index (κ1) is 27.0. The minimum absolute atomic E-state index is 0.175. The van der Waals surface area contributed by atoms with Crippen molar-refractivity contribution < 1.29 is 9.90 Å². The van der Waals surface area contributed by atoms with Gasteiger partial charge in [-0.1, -0.05) is 54.6 Å².